The van der Waals surface area contributed by atoms with Crippen LogP contribution in [-0.2, 0) is 0 Å². The molecule has 0 saturated heterocycles. The van der Waals surface area contributed by atoms with E-state index >= 15 is 0 Å². The second-order valence-corrected chi connectivity index (χ2v) is 12.3. The zero-order valence-corrected chi connectivity index (χ0v) is 26.4. The van der Waals surface area contributed by atoms with Gasteiger partial charge in [-0.1, -0.05) is 127 Å². The van der Waals surface area contributed by atoms with Crippen LogP contribution >= 0.6 is 0 Å². The van der Waals surface area contributed by atoms with Gasteiger partial charge in [0, 0.05) is 33.5 Å². The Morgan fingerprint density at radius 2 is 0.896 bits per heavy atom. The molecule has 0 saturated carbocycles. The SMILES string of the molecule is c1ccc(-c2ccc(N(c3cccc(-c4ccccc4)c3)c3ccc4cc5c(cc4c3)c3ccccc3n5-c3ccccc3)cc2)cc1. The zero-order chi connectivity index (χ0) is 31.9. The monoisotopic (exact) mass is 612 g/mol. The summed E-state index contributed by atoms with van der Waals surface area (Å²) in [5, 5.41) is 4.93. The highest BCUT2D eigenvalue weighted by Crippen LogP contribution is 2.40. The molecule has 0 aliphatic carbocycles. The van der Waals surface area contributed by atoms with Crippen LogP contribution in [0.4, 0.5) is 17.1 Å². The van der Waals surface area contributed by atoms with Crippen molar-refractivity contribution in [1.82, 2.24) is 4.57 Å². The smallest absolute Gasteiger partial charge is 0.0547 e. The highest BCUT2D eigenvalue weighted by molar-refractivity contribution is 6.14. The largest absolute Gasteiger partial charge is 0.310 e. The van der Waals surface area contributed by atoms with Crippen molar-refractivity contribution < 1.29 is 0 Å². The lowest BCUT2D eigenvalue weighted by Gasteiger charge is -2.26. The zero-order valence-electron chi connectivity index (χ0n) is 26.4. The van der Waals surface area contributed by atoms with Crippen LogP contribution in [0.5, 0.6) is 0 Å². The summed E-state index contributed by atoms with van der Waals surface area (Å²) in [6.07, 6.45) is 0. The molecule has 0 aliphatic rings. The van der Waals surface area contributed by atoms with Crippen molar-refractivity contribution in [1.29, 1.82) is 0 Å². The molecule has 0 amide bonds. The number of rotatable bonds is 6. The number of aromatic nitrogens is 1. The lowest BCUT2D eigenvalue weighted by molar-refractivity contribution is 1.18. The summed E-state index contributed by atoms with van der Waals surface area (Å²) in [5.41, 5.74) is 11.8. The predicted octanol–water partition coefficient (Wildman–Crippen LogP) is 12.7. The molecule has 0 radical (unpaired) electrons. The maximum atomic E-state index is 2.38. The molecule has 226 valence electrons. The van der Waals surface area contributed by atoms with Crippen LogP contribution < -0.4 is 4.90 Å². The summed E-state index contributed by atoms with van der Waals surface area (Å²) in [4.78, 5) is 2.37. The van der Waals surface area contributed by atoms with Crippen molar-refractivity contribution in [3.63, 3.8) is 0 Å². The molecule has 0 spiro atoms. The maximum Gasteiger partial charge on any atom is 0.0547 e. The normalized spacial score (nSPS) is 11.3. The molecule has 0 bridgehead atoms. The topological polar surface area (TPSA) is 8.17 Å². The van der Waals surface area contributed by atoms with Crippen molar-refractivity contribution in [3.8, 4) is 27.9 Å². The van der Waals surface area contributed by atoms with E-state index in [1.54, 1.807) is 0 Å². The second-order valence-electron chi connectivity index (χ2n) is 12.3. The van der Waals surface area contributed by atoms with Crippen LogP contribution in [0.25, 0.3) is 60.5 Å². The highest BCUT2D eigenvalue weighted by Gasteiger charge is 2.17. The van der Waals surface area contributed by atoms with Crippen molar-refractivity contribution in [2.75, 3.05) is 4.90 Å². The first-order chi connectivity index (χ1) is 23.8. The fraction of sp³-hybridized carbons (Fsp3) is 0. The molecule has 0 atom stereocenters. The van der Waals surface area contributed by atoms with E-state index in [1.165, 1.54) is 60.5 Å². The van der Waals surface area contributed by atoms with E-state index in [-0.39, 0.29) is 0 Å². The molecule has 2 nitrogen and oxygen atoms in total. The number of hydrogen-bond donors (Lipinski definition) is 0. The van der Waals surface area contributed by atoms with Crippen LogP contribution in [0.15, 0.2) is 194 Å². The Hall–Kier alpha value is -6.38. The fourth-order valence-corrected chi connectivity index (χ4v) is 7.03. The first-order valence-electron chi connectivity index (χ1n) is 16.4. The standard InChI is InChI=1S/C46H32N2/c1-4-13-33(14-5-1)35-23-26-40(27-24-35)47(41-20-12-17-36(29-41)34-15-6-2-7-16-34)42-28-25-37-32-46-44(31-38(37)30-42)43-21-10-11-22-45(43)48(46)39-18-8-3-9-19-39/h1-32H. The van der Waals surface area contributed by atoms with E-state index in [4.69, 9.17) is 0 Å². The Balaban J connectivity index is 1.22. The number of nitrogens with zero attached hydrogens (tertiary/aromatic N) is 2. The Bertz CT molecular complexity index is 2530. The molecule has 1 heterocycles. The lowest BCUT2D eigenvalue weighted by Crippen LogP contribution is -2.10. The fourth-order valence-electron chi connectivity index (χ4n) is 7.03. The minimum Gasteiger partial charge on any atom is -0.310 e. The minimum absolute atomic E-state index is 1.11. The average Bonchev–Trinajstić information content (AvgIpc) is 3.48. The first-order valence-corrected chi connectivity index (χ1v) is 16.4. The summed E-state index contributed by atoms with van der Waals surface area (Å²) >= 11 is 0. The van der Waals surface area contributed by atoms with E-state index in [0.717, 1.165) is 17.1 Å². The van der Waals surface area contributed by atoms with Gasteiger partial charge >= 0.3 is 0 Å². The third kappa shape index (κ3) is 4.92. The van der Waals surface area contributed by atoms with Gasteiger partial charge in [-0.15, -0.1) is 0 Å². The van der Waals surface area contributed by atoms with E-state index in [1.807, 2.05) is 0 Å². The van der Waals surface area contributed by atoms with E-state index in [9.17, 15) is 0 Å². The van der Waals surface area contributed by atoms with Crippen LogP contribution in [0.3, 0.4) is 0 Å². The van der Waals surface area contributed by atoms with Gasteiger partial charge in [-0.25, -0.2) is 0 Å². The molecule has 1 aromatic heterocycles. The molecule has 9 aromatic rings. The van der Waals surface area contributed by atoms with E-state index < -0.39 is 0 Å². The van der Waals surface area contributed by atoms with Gasteiger partial charge in [0.05, 0.1) is 11.0 Å². The van der Waals surface area contributed by atoms with Gasteiger partial charge in [0.25, 0.3) is 0 Å². The molecular weight excluding hydrogens is 581 g/mol. The number of hydrogen-bond acceptors (Lipinski definition) is 1. The van der Waals surface area contributed by atoms with Crippen LogP contribution in [-0.4, -0.2) is 4.57 Å². The van der Waals surface area contributed by atoms with Gasteiger partial charge in [0.15, 0.2) is 0 Å². The highest BCUT2D eigenvalue weighted by atomic mass is 15.1. The van der Waals surface area contributed by atoms with Crippen molar-refractivity contribution >= 4 is 49.6 Å². The molecule has 9 rings (SSSR count). The molecule has 0 N–H and O–H groups in total. The van der Waals surface area contributed by atoms with Gasteiger partial charge in [0.1, 0.15) is 0 Å². The Kier molecular flexibility index (Phi) is 6.84. The lowest BCUT2D eigenvalue weighted by atomic mass is 10.0. The van der Waals surface area contributed by atoms with Crippen molar-refractivity contribution in [2.45, 2.75) is 0 Å². The van der Waals surface area contributed by atoms with Gasteiger partial charge in [-0.05, 0) is 99.8 Å². The number of anilines is 3. The molecule has 2 heteroatoms. The van der Waals surface area contributed by atoms with Crippen LogP contribution in [0, 0.1) is 0 Å². The minimum atomic E-state index is 1.11. The van der Waals surface area contributed by atoms with Crippen LogP contribution in [0.2, 0.25) is 0 Å². The number of benzene rings is 8. The Morgan fingerprint density at radius 3 is 1.65 bits per heavy atom. The Labute approximate surface area is 280 Å². The Morgan fingerprint density at radius 1 is 0.312 bits per heavy atom. The molecule has 0 fully saturated rings. The third-order valence-corrected chi connectivity index (χ3v) is 9.33. The molecular formula is C46H32N2. The van der Waals surface area contributed by atoms with Crippen molar-refractivity contribution in [2.24, 2.45) is 0 Å². The van der Waals surface area contributed by atoms with E-state index in [2.05, 4.69) is 204 Å². The number of fused-ring (bicyclic) bond motifs is 4. The molecule has 8 aromatic carbocycles. The summed E-state index contributed by atoms with van der Waals surface area (Å²) < 4.78 is 2.38. The summed E-state index contributed by atoms with van der Waals surface area (Å²) in [6, 6.07) is 69.9. The van der Waals surface area contributed by atoms with Crippen LogP contribution in [0.1, 0.15) is 0 Å². The average molecular weight is 613 g/mol. The molecule has 48 heavy (non-hydrogen) atoms. The molecule has 0 unspecified atom stereocenters. The van der Waals surface area contributed by atoms with Crippen molar-refractivity contribution in [3.05, 3.63) is 194 Å². The summed E-state index contributed by atoms with van der Waals surface area (Å²) in [6.45, 7) is 0. The van der Waals surface area contributed by atoms with Gasteiger partial charge in [-0.3, -0.25) is 0 Å². The maximum absolute atomic E-state index is 2.38. The second kappa shape index (κ2) is 11.8. The summed E-state index contributed by atoms with van der Waals surface area (Å²) in [5.74, 6) is 0. The third-order valence-electron chi connectivity index (χ3n) is 9.33. The number of para-hydroxylation sites is 2. The predicted molar refractivity (Wildman–Crippen MR) is 204 cm³/mol. The quantitative estimate of drug-likeness (QED) is 0.181. The van der Waals surface area contributed by atoms with E-state index in [0.29, 0.717) is 0 Å². The summed E-state index contributed by atoms with van der Waals surface area (Å²) in [7, 11) is 0. The van der Waals surface area contributed by atoms with Gasteiger partial charge in [0.2, 0.25) is 0 Å². The first kappa shape index (κ1) is 27.9. The van der Waals surface area contributed by atoms with Gasteiger partial charge in [-0.2, -0.15) is 0 Å². The molecule has 0 aliphatic heterocycles. The van der Waals surface area contributed by atoms with Gasteiger partial charge < -0.3 is 9.47 Å².